The highest BCUT2D eigenvalue weighted by Gasteiger charge is 2.38. The summed E-state index contributed by atoms with van der Waals surface area (Å²) in [5, 5.41) is 3.02. The number of nitrogens with zero attached hydrogens (tertiary/aromatic N) is 2. The fourth-order valence-corrected chi connectivity index (χ4v) is 3.63. The van der Waals surface area contributed by atoms with Crippen LogP contribution in [0.5, 0.6) is 0 Å². The highest BCUT2D eigenvalue weighted by Crippen LogP contribution is 2.24. The summed E-state index contributed by atoms with van der Waals surface area (Å²) >= 11 is 0. The van der Waals surface area contributed by atoms with Crippen LogP contribution in [0, 0.1) is 6.92 Å². The molecule has 2 N–H and O–H groups in total. The van der Waals surface area contributed by atoms with Gasteiger partial charge in [0.2, 0.25) is 11.5 Å². The quantitative estimate of drug-likeness (QED) is 0.769. The van der Waals surface area contributed by atoms with Crippen LogP contribution in [0.25, 0.3) is 0 Å². The third-order valence-corrected chi connectivity index (χ3v) is 4.97. The van der Waals surface area contributed by atoms with Gasteiger partial charge in [0.15, 0.2) is 0 Å². The van der Waals surface area contributed by atoms with Crippen LogP contribution in [0.1, 0.15) is 28.9 Å². The zero-order valence-electron chi connectivity index (χ0n) is 15.4. The largest absolute Gasteiger partial charge is 0.375 e. The molecule has 2 aliphatic rings. The predicted molar refractivity (Wildman–Crippen MR) is 96.1 cm³/mol. The number of hydrogen-bond acceptors (Lipinski definition) is 5. The Bertz CT molecular complexity index is 745. The molecule has 3 heterocycles. The van der Waals surface area contributed by atoms with E-state index >= 15 is 0 Å². The SMILES string of the molecule is Cc1cc(C(=O)N[C@@H]2C[C@H]3CO[C@@H](CC(=O)N(C)C)CN3C2)cc(=O)[nH]1. The molecule has 0 unspecified atom stereocenters. The van der Waals surface area contributed by atoms with E-state index in [1.807, 2.05) is 0 Å². The van der Waals surface area contributed by atoms with Gasteiger partial charge in [0, 0.05) is 56.6 Å². The van der Waals surface area contributed by atoms with E-state index in [2.05, 4.69) is 15.2 Å². The molecule has 8 heteroatoms. The molecule has 2 aliphatic heterocycles. The van der Waals surface area contributed by atoms with E-state index in [9.17, 15) is 14.4 Å². The molecule has 1 aromatic heterocycles. The van der Waals surface area contributed by atoms with Crippen molar-refractivity contribution in [2.45, 2.75) is 38.0 Å². The molecule has 2 saturated heterocycles. The lowest BCUT2D eigenvalue weighted by Gasteiger charge is -2.35. The normalized spacial score (nSPS) is 25.6. The number of carbonyl (C=O) groups is 2. The molecule has 0 spiro atoms. The van der Waals surface area contributed by atoms with E-state index in [-0.39, 0.29) is 35.6 Å². The van der Waals surface area contributed by atoms with Crippen molar-refractivity contribution >= 4 is 11.8 Å². The van der Waals surface area contributed by atoms with Crippen LogP contribution in [-0.4, -0.2) is 78.6 Å². The van der Waals surface area contributed by atoms with Gasteiger partial charge in [0.1, 0.15) is 0 Å². The number of pyridine rings is 1. The number of morpholine rings is 1. The lowest BCUT2D eigenvalue weighted by molar-refractivity contribution is -0.134. The Morgan fingerprint density at radius 2 is 2.12 bits per heavy atom. The average Bonchev–Trinajstić information content (AvgIpc) is 2.95. The van der Waals surface area contributed by atoms with Crippen LogP contribution in [0.2, 0.25) is 0 Å². The Kier molecular flexibility index (Phi) is 5.43. The molecule has 2 fully saturated rings. The number of H-pyrrole nitrogens is 1. The molecule has 0 aromatic carbocycles. The third kappa shape index (κ3) is 4.31. The maximum Gasteiger partial charge on any atom is 0.251 e. The Morgan fingerprint density at radius 1 is 1.35 bits per heavy atom. The summed E-state index contributed by atoms with van der Waals surface area (Å²) in [4.78, 5) is 42.3. The minimum atomic E-state index is -0.277. The number of aromatic amines is 1. The summed E-state index contributed by atoms with van der Waals surface area (Å²) in [7, 11) is 3.48. The predicted octanol–water partition coefficient (Wildman–Crippen LogP) is -0.267. The Balaban J connectivity index is 1.56. The van der Waals surface area contributed by atoms with Gasteiger partial charge in [-0.25, -0.2) is 0 Å². The summed E-state index contributed by atoms with van der Waals surface area (Å²) in [6, 6.07) is 3.26. The second-order valence-electron chi connectivity index (χ2n) is 7.38. The Hall–Kier alpha value is -2.19. The summed E-state index contributed by atoms with van der Waals surface area (Å²) in [6.45, 7) is 3.75. The molecular formula is C18H26N4O4. The Labute approximate surface area is 152 Å². The highest BCUT2D eigenvalue weighted by atomic mass is 16.5. The number of fused-ring (bicyclic) bond motifs is 1. The topological polar surface area (TPSA) is 94.7 Å². The molecule has 0 radical (unpaired) electrons. The minimum Gasteiger partial charge on any atom is -0.375 e. The number of aryl methyl sites for hydroxylation is 1. The monoisotopic (exact) mass is 362 g/mol. The van der Waals surface area contributed by atoms with Gasteiger partial charge in [-0.15, -0.1) is 0 Å². The number of hydrogen-bond donors (Lipinski definition) is 2. The maximum atomic E-state index is 12.4. The van der Waals surface area contributed by atoms with Gasteiger partial charge in [-0.3, -0.25) is 19.3 Å². The molecule has 0 saturated carbocycles. The van der Waals surface area contributed by atoms with Gasteiger partial charge in [0.25, 0.3) is 5.91 Å². The van der Waals surface area contributed by atoms with Crippen molar-refractivity contribution in [1.29, 1.82) is 0 Å². The summed E-state index contributed by atoms with van der Waals surface area (Å²) in [5.41, 5.74) is 0.760. The average molecular weight is 362 g/mol. The van der Waals surface area contributed by atoms with Crippen molar-refractivity contribution in [3.63, 3.8) is 0 Å². The second kappa shape index (κ2) is 7.59. The third-order valence-electron chi connectivity index (χ3n) is 4.97. The Morgan fingerprint density at radius 3 is 2.81 bits per heavy atom. The molecule has 3 atom stereocenters. The van der Waals surface area contributed by atoms with Crippen molar-refractivity contribution in [1.82, 2.24) is 20.1 Å². The summed E-state index contributed by atoms with van der Waals surface area (Å²) < 4.78 is 5.83. The molecule has 142 valence electrons. The van der Waals surface area contributed by atoms with E-state index in [1.165, 1.54) is 6.07 Å². The van der Waals surface area contributed by atoms with Crippen molar-refractivity contribution in [3.05, 3.63) is 33.7 Å². The zero-order chi connectivity index (χ0) is 18.8. The summed E-state index contributed by atoms with van der Waals surface area (Å²) in [5.74, 6) is -0.175. The number of rotatable bonds is 4. The van der Waals surface area contributed by atoms with Crippen LogP contribution in [0.4, 0.5) is 0 Å². The maximum absolute atomic E-state index is 12.4. The fraction of sp³-hybridized carbons (Fsp3) is 0.611. The first-order chi connectivity index (χ1) is 12.3. The van der Waals surface area contributed by atoms with Crippen LogP contribution in [-0.2, 0) is 9.53 Å². The first kappa shape index (κ1) is 18.6. The van der Waals surface area contributed by atoms with E-state index in [1.54, 1.807) is 32.0 Å². The molecular weight excluding hydrogens is 336 g/mol. The molecule has 1 aromatic rings. The van der Waals surface area contributed by atoms with Crippen molar-refractivity contribution in [2.24, 2.45) is 0 Å². The van der Waals surface area contributed by atoms with Crippen molar-refractivity contribution < 1.29 is 14.3 Å². The van der Waals surface area contributed by atoms with Crippen LogP contribution >= 0.6 is 0 Å². The number of carbonyl (C=O) groups excluding carboxylic acids is 2. The number of ether oxygens (including phenoxy) is 1. The van der Waals surface area contributed by atoms with E-state index in [4.69, 9.17) is 4.74 Å². The highest BCUT2D eigenvalue weighted by molar-refractivity contribution is 5.94. The van der Waals surface area contributed by atoms with Crippen LogP contribution in [0.3, 0.4) is 0 Å². The molecule has 8 nitrogen and oxygen atoms in total. The second-order valence-corrected chi connectivity index (χ2v) is 7.38. The smallest absolute Gasteiger partial charge is 0.251 e. The zero-order valence-corrected chi connectivity index (χ0v) is 15.4. The number of amides is 2. The van der Waals surface area contributed by atoms with Crippen molar-refractivity contribution in [2.75, 3.05) is 33.8 Å². The van der Waals surface area contributed by atoms with Gasteiger partial charge < -0.3 is 19.9 Å². The standard InChI is InChI=1S/C18H26N4O4/c1-11-4-12(5-16(23)19-11)18(25)20-13-6-14-10-26-15(9-22(14)8-13)7-17(24)21(2)3/h4-5,13-15H,6-10H2,1-3H3,(H,19,23)(H,20,25)/t13-,14+,15+/m1/s1. The van der Waals surface area contributed by atoms with Gasteiger partial charge in [-0.1, -0.05) is 0 Å². The van der Waals surface area contributed by atoms with Gasteiger partial charge >= 0.3 is 0 Å². The molecule has 26 heavy (non-hydrogen) atoms. The lowest BCUT2D eigenvalue weighted by atomic mass is 10.1. The molecule has 2 amide bonds. The van der Waals surface area contributed by atoms with Gasteiger partial charge in [0.05, 0.1) is 19.1 Å². The molecule has 0 bridgehead atoms. The fourth-order valence-electron chi connectivity index (χ4n) is 3.63. The van der Waals surface area contributed by atoms with Crippen molar-refractivity contribution in [3.8, 4) is 0 Å². The van der Waals surface area contributed by atoms with Crippen LogP contribution < -0.4 is 10.9 Å². The van der Waals surface area contributed by atoms with E-state index in [0.717, 1.165) is 13.0 Å². The van der Waals surface area contributed by atoms with Crippen LogP contribution in [0.15, 0.2) is 16.9 Å². The van der Waals surface area contributed by atoms with Gasteiger partial charge in [-0.05, 0) is 19.4 Å². The number of aromatic nitrogens is 1. The molecule has 3 rings (SSSR count). The van der Waals surface area contributed by atoms with E-state index in [0.29, 0.717) is 30.8 Å². The first-order valence-corrected chi connectivity index (χ1v) is 8.89. The summed E-state index contributed by atoms with van der Waals surface area (Å²) in [6.07, 6.45) is 1.08. The lowest BCUT2D eigenvalue weighted by Crippen LogP contribution is -2.47. The van der Waals surface area contributed by atoms with Gasteiger partial charge in [-0.2, -0.15) is 0 Å². The minimum absolute atomic E-state index is 0.0130. The molecule has 0 aliphatic carbocycles. The number of nitrogens with one attached hydrogen (secondary N) is 2. The first-order valence-electron chi connectivity index (χ1n) is 8.89. The van der Waals surface area contributed by atoms with E-state index < -0.39 is 0 Å².